The van der Waals surface area contributed by atoms with Gasteiger partial charge in [-0.05, 0) is 24.3 Å². The number of carboxylic acid groups (broad SMARTS) is 1. The van der Waals surface area contributed by atoms with Crippen molar-refractivity contribution in [3.63, 3.8) is 0 Å². The van der Waals surface area contributed by atoms with Gasteiger partial charge in [0.15, 0.2) is 11.4 Å². The largest absolute Gasteiger partial charge is 0.479 e. The molecule has 0 spiro atoms. The van der Waals surface area contributed by atoms with E-state index in [0.717, 1.165) is 5.39 Å². The van der Waals surface area contributed by atoms with E-state index in [1.54, 1.807) is 24.3 Å². The number of hydrogen-bond donors (Lipinski definition) is 2. The van der Waals surface area contributed by atoms with Crippen LogP contribution in [0.3, 0.4) is 0 Å². The predicted octanol–water partition coefficient (Wildman–Crippen LogP) is 2.14. The van der Waals surface area contributed by atoms with Crippen molar-refractivity contribution in [3.8, 4) is 0 Å². The van der Waals surface area contributed by atoms with E-state index in [1.165, 1.54) is 4.90 Å². The van der Waals surface area contributed by atoms with Crippen LogP contribution in [-0.4, -0.2) is 45.7 Å². The Kier molecular flexibility index (Phi) is 3.58. The quantitative estimate of drug-likeness (QED) is 0.883. The highest BCUT2D eigenvalue weighted by atomic mass is 35.5. The van der Waals surface area contributed by atoms with Crippen LogP contribution in [0.4, 0.5) is 0 Å². The molecule has 0 atom stereocenters. The van der Waals surface area contributed by atoms with Crippen molar-refractivity contribution in [1.82, 2.24) is 4.90 Å². The molecular weight excluding hydrogens is 310 g/mol. The fraction of sp³-hybridized carbons (Fsp3) is 0.333. The number of fused-ring (bicyclic) bond motifs is 1. The molecule has 0 saturated carbocycles. The minimum absolute atomic E-state index is 0.000129. The highest BCUT2D eigenvalue weighted by Crippen LogP contribution is 2.27. The Morgan fingerprint density at radius 3 is 2.55 bits per heavy atom. The molecule has 1 aliphatic heterocycles. The molecule has 3 rings (SSSR count). The van der Waals surface area contributed by atoms with Gasteiger partial charge in [0.1, 0.15) is 5.58 Å². The summed E-state index contributed by atoms with van der Waals surface area (Å²) in [5.74, 6) is -1.39. The normalized spacial score (nSPS) is 17.6. The molecule has 1 amide bonds. The number of rotatable bonds is 2. The van der Waals surface area contributed by atoms with E-state index in [1.807, 2.05) is 0 Å². The number of piperidine rings is 1. The minimum atomic E-state index is -1.75. The van der Waals surface area contributed by atoms with E-state index in [0.29, 0.717) is 10.6 Å². The lowest BCUT2D eigenvalue weighted by Crippen LogP contribution is -2.50. The highest BCUT2D eigenvalue weighted by Gasteiger charge is 2.40. The summed E-state index contributed by atoms with van der Waals surface area (Å²) in [6.07, 6.45) is 0.000258. The molecule has 7 heteroatoms. The van der Waals surface area contributed by atoms with Crippen molar-refractivity contribution in [2.24, 2.45) is 0 Å². The maximum absolute atomic E-state index is 12.4. The van der Waals surface area contributed by atoms with Gasteiger partial charge in [0, 0.05) is 36.3 Å². The molecule has 2 aromatic rings. The maximum Gasteiger partial charge on any atom is 0.335 e. The SMILES string of the molecule is O=C(c1cc2cc(Cl)ccc2o1)N1CCC(O)(C(=O)O)CC1. The first-order chi connectivity index (χ1) is 10.4. The molecule has 0 bridgehead atoms. The molecule has 1 aromatic heterocycles. The van der Waals surface area contributed by atoms with Gasteiger partial charge in [-0.2, -0.15) is 0 Å². The van der Waals surface area contributed by atoms with Gasteiger partial charge in [-0.25, -0.2) is 4.79 Å². The van der Waals surface area contributed by atoms with Gasteiger partial charge in [-0.1, -0.05) is 11.6 Å². The Morgan fingerprint density at radius 2 is 1.91 bits per heavy atom. The number of hydrogen-bond acceptors (Lipinski definition) is 4. The van der Waals surface area contributed by atoms with Crippen LogP contribution in [0.15, 0.2) is 28.7 Å². The monoisotopic (exact) mass is 323 g/mol. The van der Waals surface area contributed by atoms with Gasteiger partial charge in [0.05, 0.1) is 0 Å². The number of furan rings is 1. The number of halogens is 1. The Balaban J connectivity index is 1.78. The molecule has 6 nitrogen and oxygen atoms in total. The molecule has 1 aliphatic rings. The molecule has 1 fully saturated rings. The Hall–Kier alpha value is -2.05. The zero-order valence-corrected chi connectivity index (χ0v) is 12.3. The molecule has 1 saturated heterocycles. The molecule has 116 valence electrons. The van der Waals surface area contributed by atoms with Crippen LogP contribution in [0.2, 0.25) is 5.02 Å². The van der Waals surface area contributed by atoms with Crippen molar-refractivity contribution >= 4 is 34.4 Å². The standard InChI is InChI=1S/C15H14ClNO5/c16-10-1-2-11-9(7-10)8-12(22-11)13(18)17-5-3-15(21,4-6-17)14(19)20/h1-2,7-8,21H,3-6H2,(H,19,20). The second-order valence-corrected chi connectivity index (χ2v) is 5.86. The van der Waals surface area contributed by atoms with Gasteiger partial charge < -0.3 is 19.5 Å². The van der Waals surface area contributed by atoms with E-state index in [4.69, 9.17) is 21.1 Å². The predicted molar refractivity (Wildman–Crippen MR) is 78.9 cm³/mol. The van der Waals surface area contributed by atoms with Crippen LogP contribution < -0.4 is 0 Å². The number of amides is 1. The number of likely N-dealkylation sites (tertiary alicyclic amines) is 1. The second kappa shape index (κ2) is 5.30. The topological polar surface area (TPSA) is 91.0 Å². The second-order valence-electron chi connectivity index (χ2n) is 5.42. The average molecular weight is 324 g/mol. The van der Waals surface area contributed by atoms with Crippen LogP contribution in [0.25, 0.3) is 11.0 Å². The third kappa shape index (κ3) is 2.55. The van der Waals surface area contributed by atoms with Crippen molar-refractivity contribution in [1.29, 1.82) is 0 Å². The lowest BCUT2D eigenvalue weighted by Gasteiger charge is -2.34. The molecule has 2 N–H and O–H groups in total. The van der Waals surface area contributed by atoms with Crippen LogP contribution in [-0.2, 0) is 4.79 Å². The fourth-order valence-corrected chi connectivity index (χ4v) is 2.75. The summed E-state index contributed by atoms with van der Waals surface area (Å²) < 4.78 is 5.51. The number of nitrogens with zero attached hydrogens (tertiary/aromatic N) is 1. The Bertz CT molecular complexity index is 745. The van der Waals surface area contributed by atoms with E-state index in [9.17, 15) is 14.7 Å². The summed E-state index contributed by atoms with van der Waals surface area (Å²) in [6, 6.07) is 6.68. The van der Waals surface area contributed by atoms with Crippen molar-refractivity contribution in [3.05, 3.63) is 35.0 Å². The first kappa shape index (κ1) is 14.9. The fourth-order valence-electron chi connectivity index (χ4n) is 2.57. The molecule has 0 aliphatic carbocycles. The third-order valence-corrected chi connectivity index (χ3v) is 4.20. The summed E-state index contributed by atoms with van der Waals surface area (Å²) in [5, 5.41) is 20.1. The Labute approximate surface area is 130 Å². The van der Waals surface area contributed by atoms with Crippen molar-refractivity contribution in [2.45, 2.75) is 18.4 Å². The maximum atomic E-state index is 12.4. The summed E-state index contributed by atoms with van der Waals surface area (Å²) in [7, 11) is 0. The Morgan fingerprint density at radius 1 is 1.23 bits per heavy atom. The van der Waals surface area contributed by atoms with Crippen molar-refractivity contribution < 1.29 is 24.2 Å². The van der Waals surface area contributed by atoms with Gasteiger partial charge in [-0.15, -0.1) is 0 Å². The summed E-state index contributed by atoms with van der Waals surface area (Å²) in [4.78, 5) is 24.9. The molecule has 0 unspecified atom stereocenters. The van der Waals surface area contributed by atoms with E-state index < -0.39 is 11.6 Å². The van der Waals surface area contributed by atoms with Gasteiger partial charge in [0.2, 0.25) is 0 Å². The lowest BCUT2D eigenvalue weighted by atomic mass is 9.91. The summed E-state index contributed by atoms with van der Waals surface area (Å²) in [6.45, 7) is 0.332. The number of aliphatic hydroxyl groups is 1. The van der Waals surface area contributed by atoms with E-state index >= 15 is 0 Å². The molecule has 22 heavy (non-hydrogen) atoms. The number of carbonyl (C=O) groups is 2. The minimum Gasteiger partial charge on any atom is -0.479 e. The van der Waals surface area contributed by atoms with Crippen LogP contribution in [0.1, 0.15) is 23.4 Å². The lowest BCUT2D eigenvalue weighted by molar-refractivity contribution is -0.162. The zero-order chi connectivity index (χ0) is 15.9. The van der Waals surface area contributed by atoms with Gasteiger partial charge in [-0.3, -0.25) is 4.79 Å². The zero-order valence-electron chi connectivity index (χ0n) is 11.6. The van der Waals surface area contributed by atoms with Crippen LogP contribution >= 0.6 is 11.6 Å². The first-order valence-corrected chi connectivity index (χ1v) is 7.21. The molecular formula is C15H14ClNO5. The van der Waals surface area contributed by atoms with Crippen molar-refractivity contribution in [2.75, 3.05) is 13.1 Å². The number of benzene rings is 1. The van der Waals surface area contributed by atoms with Gasteiger partial charge >= 0.3 is 5.97 Å². The molecule has 0 radical (unpaired) electrons. The molecule has 2 heterocycles. The first-order valence-electron chi connectivity index (χ1n) is 6.83. The van der Waals surface area contributed by atoms with Crippen LogP contribution in [0.5, 0.6) is 0 Å². The number of aliphatic carboxylic acids is 1. The smallest absolute Gasteiger partial charge is 0.335 e. The van der Waals surface area contributed by atoms with Crippen LogP contribution in [0, 0.1) is 0 Å². The van der Waals surface area contributed by atoms with E-state index in [-0.39, 0.29) is 37.6 Å². The average Bonchev–Trinajstić information content (AvgIpc) is 2.90. The summed E-state index contributed by atoms with van der Waals surface area (Å²) in [5.41, 5.74) is -1.19. The number of carboxylic acids is 1. The summed E-state index contributed by atoms with van der Waals surface area (Å²) >= 11 is 5.90. The third-order valence-electron chi connectivity index (χ3n) is 3.97. The molecule has 1 aromatic carbocycles. The highest BCUT2D eigenvalue weighted by molar-refractivity contribution is 6.31. The number of carbonyl (C=O) groups excluding carboxylic acids is 1. The van der Waals surface area contributed by atoms with E-state index in [2.05, 4.69) is 0 Å². The van der Waals surface area contributed by atoms with Gasteiger partial charge in [0.25, 0.3) is 5.91 Å².